The maximum Gasteiger partial charge on any atom is 0.0485 e. The summed E-state index contributed by atoms with van der Waals surface area (Å²) in [6.07, 6.45) is 6.33. The van der Waals surface area contributed by atoms with Gasteiger partial charge in [-0.25, -0.2) is 0 Å². The highest BCUT2D eigenvalue weighted by Gasteiger charge is 2.31. The lowest BCUT2D eigenvalue weighted by atomic mass is 9.75. The molecule has 1 fully saturated rings. The normalized spacial score (nSPS) is 20.4. The number of nitrogens with zero attached hydrogens (tertiary/aromatic N) is 2. The molecule has 1 aromatic rings. The van der Waals surface area contributed by atoms with Gasteiger partial charge in [0.1, 0.15) is 0 Å². The largest absolute Gasteiger partial charge is 0.329 e. The number of aromatic nitrogens is 1. The first-order valence-corrected chi connectivity index (χ1v) is 7.36. The van der Waals surface area contributed by atoms with Crippen LogP contribution in [0, 0.1) is 11.3 Å². The van der Waals surface area contributed by atoms with Crippen LogP contribution in [0.15, 0.2) is 24.5 Å². The molecule has 0 saturated carbocycles. The summed E-state index contributed by atoms with van der Waals surface area (Å²) in [5.41, 5.74) is 7.67. The van der Waals surface area contributed by atoms with Crippen molar-refractivity contribution in [1.29, 1.82) is 0 Å². The average Bonchev–Trinajstić information content (AvgIpc) is 2.40. The van der Waals surface area contributed by atoms with E-state index in [0.717, 1.165) is 19.0 Å². The van der Waals surface area contributed by atoms with E-state index in [4.69, 9.17) is 5.73 Å². The van der Waals surface area contributed by atoms with Gasteiger partial charge in [-0.3, -0.25) is 9.88 Å². The summed E-state index contributed by atoms with van der Waals surface area (Å²) in [7, 11) is 0. The highest BCUT2D eigenvalue weighted by molar-refractivity contribution is 5.14. The van der Waals surface area contributed by atoms with Crippen LogP contribution < -0.4 is 5.73 Å². The zero-order chi connectivity index (χ0) is 13.9. The number of rotatable bonds is 3. The van der Waals surface area contributed by atoms with Gasteiger partial charge in [0.05, 0.1) is 0 Å². The molecule has 0 amide bonds. The van der Waals surface area contributed by atoms with Crippen LogP contribution in [0.4, 0.5) is 0 Å². The standard InChI is InChI=1S/C16H27N3/c1-16(2,3)14-6-9-19(10-7-14)15(11-17)13-5-4-8-18-12-13/h4-5,8,12,14-15H,6-7,9-11,17H2,1-3H3. The monoisotopic (exact) mass is 261 g/mol. The molecule has 2 N–H and O–H groups in total. The van der Waals surface area contributed by atoms with Crippen molar-refractivity contribution in [2.75, 3.05) is 19.6 Å². The zero-order valence-corrected chi connectivity index (χ0v) is 12.5. The SMILES string of the molecule is CC(C)(C)C1CCN(C(CN)c2cccnc2)CC1. The van der Waals surface area contributed by atoms with Crippen molar-refractivity contribution in [3.8, 4) is 0 Å². The zero-order valence-electron chi connectivity index (χ0n) is 12.5. The molecule has 1 aliphatic rings. The second-order valence-corrected chi connectivity index (χ2v) is 6.71. The minimum Gasteiger partial charge on any atom is -0.329 e. The Morgan fingerprint density at radius 3 is 2.53 bits per heavy atom. The quantitative estimate of drug-likeness (QED) is 0.909. The van der Waals surface area contributed by atoms with E-state index >= 15 is 0 Å². The Labute approximate surface area is 117 Å². The van der Waals surface area contributed by atoms with Gasteiger partial charge in [-0.05, 0) is 48.9 Å². The molecule has 2 rings (SSSR count). The molecule has 0 bridgehead atoms. The predicted octanol–water partition coefficient (Wildman–Crippen LogP) is 2.84. The molecule has 0 aromatic carbocycles. The van der Waals surface area contributed by atoms with Gasteiger partial charge >= 0.3 is 0 Å². The molecular weight excluding hydrogens is 234 g/mol. The third-order valence-corrected chi connectivity index (χ3v) is 4.49. The van der Waals surface area contributed by atoms with Gasteiger partial charge in [-0.2, -0.15) is 0 Å². The van der Waals surface area contributed by atoms with Crippen molar-refractivity contribution in [1.82, 2.24) is 9.88 Å². The van der Waals surface area contributed by atoms with Gasteiger partial charge in [-0.1, -0.05) is 26.8 Å². The van der Waals surface area contributed by atoms with Crippen LogP contribution >= 0.6 is 0 Å². The van der Waals surface area contributed by atoms with Crippen molar-refractivity contribution in [2.24, 2.45) is 17.1 Å². The summed E-state index contributed by atoms with van der Waals surface area (Å²) in [6, 6.07) is 4.47. The van der Waals surface area contributed by atoms with Crippen molar-refractivity contribution in [3.05, 3.63) is 30.1 Å². The molecule has 3 heteroatoms. The minimum atomic E-state index is 0.328. The van der Waals surface area contributed by atoms with Crippen molar-refractivity contribution >= 4 is 0 Å². The summed E-state index contributed by atoms with van der Waals surface area (Å²) < 4.78 is 0. The molecule has 3 nitrogen and oxygen atoms in total. The van der Waals surface area contributed by atoms with Crippen molar-refractivity contribution < 1.29 is 0 Å². The van der Waals surface area contributed by atoms with Crippen LogP contribution in [0.1, 0.15) is 45.2 Å². The lowest BCUT2D eigenvalue weighted by Crippen LogP contribution is -2.42. The first-order chi connectivity index (χ1) is 9.02. The van der Waals surface area contributed by atoms with Crippen LogP contribution in [0.5, 0.6) is 0 Å². The number of piperidine rings is 1. The highest BCUT2D eigenvalue weighted by atomic mass is 15.2. The number of nitrogens with two attached hydrogens (primary N) is 1. The van der Waals surface area contributed by atoms with Crippen molar-refractivity contribution in [2.45, 2.75) is 39.7 Å². The van der Waals surface area contributed by atoms with Gasteiger partial charge in [-0.15, -0.1) is 0 Å². The smallest absolute Gasteiger partial charge is 0.0485 e. The number of hydrogen-bond donors (Lipinski definition) is 1. The Hall–Kier alpha value is -0.930. The summed E-state index contributed by atoms with van der Waals surface area (Å²) in [4.78, 5) is 6.75. The van der Waals surface area contributed by atoms with E-state index in [2.05, 4.69) is 36.7 Å². The molecule has 106 valence electrons. The molecule has 0 aliphatic carbocycles. The molecule has 0 radical (unpaired) electrons. The van der Waals surface area contributed by atoms with Crippen LogP contribution in [-0.2, 0) is 0 Å². The second-order valence-electron chi connectivity index (χ2n) is 6.71. The van der Waals surface area contributed by atoms with E-state index in [-0.39, 0.29) is 0 Å². The van der Waals surface area contributed by atoms with Gasteiger partial charge in [0.15, 0.2) is 0 Å². The van der Waals surface area contributed by atoms with E-state index in [1.165, 1.54) is 18.4 Å². The van der Waals surface area contributed by atoms with Crippen LogP contribution in [0.3, 0.4) is 0 Å². The Balaban J connectivity index is 2.00. The molecule has 1 aromatic heterocycles. The highest BCUT2D eigenvalue weighted by Crippen LogP contribution is 2.36. The third-order valence-electron chi connectivity index (χ3n) is 4.49. The molecule has 1 atom stereocenters. The number of pyridine rings is 1. The molecule has 0 spiro atoms. The summed E-state index contributed by atoms with van der Waals surface area (Å²) in [6.45, 7) is 10.0. The molecule has 2 heterocycles. The Morgan fingerprint density at radius 2 is 2.05 bits per heavy atom. The first kappa shape index (κ1) is 14.5. The molecule has 1 aliphatic heterocycles. The molecular formula is C16H27N3. The van der Waals surface area contributed by atoms with E-state index in [9.17, 15) is 0 Å². The number of hydrogen-bond acceptors (Lipinski definition) is 3. The third kappa shape index (κ3) is 3.54. The van der Waals surface area contributed by atoms with Crippen LogP contribution in [0.25, 0.3) is 0 Å². The van der Waals surface area contributed by atoms with Gasteiger partial charge in [0.25, 0.3) is 0 Å². The Kier molecular flexibility index (Phi) is 4.58. The topological polar surface area (TPSA) is 42.1 Å². The Bertz CT molecular complexity index is 375. The molecule has 1 saturated heterocycles. The minimum absolute atomic E-state index is 0.328. The van der Waals surface area contributed by atoms with Crippen molar-refractivity contribution in [3.63, 3.8) is 0 Å². The van der Waals surface area contributed by atoms with Gasteiger partial charge in [0, 0.05) is 25.0 Å². The predicted molar refractivity (Wildman–Crippen MR) is 79.8 cm³/mol. The van der Waals surface area contributed by atoms with E-state index < -0.39 is 0 Å². The van der Waals surface area contributed by atoms with E-state index in [0.29, 0.717) is 18.0 Å². The maximum absolute atomic E-state index is 5.99. The summed E-state index contributed by atoms with van der Waals surface area (Å²) in [5, 5.41) is 0. The lowest BCUT2D eigenvalue weighted by Gasteiger charge is -2.41. The van der Waals surface area contributed by atoms with Gasteiger partial charge < -0.3 is 5.73 Å². The van der Waals surface area contributed by atoms with Gasteiger partial charge in [0.2, 0.25) is 0 Å². The number of likely N-dealkylation sites (tertiary alicyclic amines) is 1. The fraction of sp³-hybridized carbons (Fsp3) is 0.688. The lowest BCUT2D eigenvalue weighted by molar-refractivity contribution is 0.0845. The van der Waals surface area contributed by atoms with Crippen LogP contribution in [0.2, 0.25) is 0 Å². The second kappa shape index (κ2) is 6.02. The van der Waals surface area contributed by atoms with Crippen LogP contribution in [-0.4, -0.2) is 29.5 Å². The maximum atomic E-state index is 5.99. The van der Waals surface area contributed by atoms with E-state index in [1.54, 1.807) is 0 Å². The van der Waals surface area contributed by atoms with E-state index in [1.807, 2.05) is 18.5 Å². The summed E-state index contributed by atoms with van der Waals surface area (Å²) in [5.74, 6) is 0.830. The summed E-state index contributed by atoms with van der Waals surface area (Å²) >= 11 is 0. The fourth-order valence-electron chi connectivity index (χ4n) is 3.15. The average molecular weight is 261 g/mol. The molecule has 19 heavy (non-hydrogen) atoms. The Morgan fingerprint density at radius 1 is 1.37 bits per heavy atom. The first-order valence-electron chi connectivity index (χ1n) is 7.36. The fourth-order valence-corrected chi connectivity index (χ4v) is 3.15. The molecule has 1 unspecified atom stereocenters.